The minimum Gasteiger partial charge on any atom is -0.496 e. The highest BCUT2D eigenvalue weighted by atomic mass is 35.5. The van der Waals surface area contributed by atoms with E-state index in [1.807, 2.05) is 36.4 Å². The molecule has 0 saturated heterocycles. The number of ether oxygens (including phenoxy) is 2. The zero-order chi connectivity index (χ0) is 22.8. The molecule has 0 fully saturated rings. The molecule has 0 radical (unpaired) electrons. The van der Waals surface area contributed by atoms with Crippen LogP contribution in [0.15, 0.2) is 69.6 Å². The van der Waals surface area contributed by atoms with Gasteiger partial charge in [0.25, 0.3) is 5.56 Å². The predicted octanol–water partition coefficient (Wildman–Crippen LogP) is 3.46. The van der Waals surface area contributed by atoms with E-state index in [9.17, 15) is 9.59 Å². The van der Waals surface area contributed by atoms with Crippen molar-refractivity contribution in [1.82, 2.24) is 4.57 Å². The van der Waals surface area contributed by atoms with E-state index in [2.05, 4.69) is 4.99 Å². The summed E-state index contributed by atoms with van der Waals surface area (Å²) in [5, 5.41) is 0.452. The fourth-order valence-corrected chi connectivity index (χ4v) is 4.99. The highest BCUT2D eigenvalue weighted by Gasteiger charge is 2.34. The number of aromatic nitrogens is 1. The molecule has 32 heavy (non-hydrogen) atoms. The Hall–Kier alpha value is -3.16. The Balaban J connectivity index is 1.99. The van der Waals surface area contributed by atoms with Crippen molar-refractivity contribution in [1.29, 1.82) is 0 Å². The Bertz CT molecular complexity index is 1400. The number of halogens is 1. The second kappa shape index (κ2) is 9.14. The number of allylic oxidation sites excluding steroid dienone is 1. The Morgan fingerprint density at radius 2 is 1.94 bits per heavy atom. The summed E-state index contributed by atoms with van der Waals surface area (Å²) in [5.41, 5.74) is 1.95. The van der Waals surface area contributed by atoms with E-state index < -0.39 is 12.0 Å². The molecule has 2 aromatic carbocycles. The van der Waals surface area contributed by atoms with Gasteiger partial charge < -0.3 is 9.47 Å². The highest BCUT2D eigenvalue weighted by Crippen LogP contribution is 2.34. The molecule has 0 spiro atoms. The van der Waals surface area contributed by atoms with Crippen LogP contribution in [0.4, 0.5) is 0 Å². The van der Waals surface area contributed by atoms with Gasteiger partial charge in [-0.3, -0.25) is 9.36 Å². The largest absolute Gasteiger partial charge is 0.496 e. The van der Waals surface area contributed by atoms with Crippen LogP contribution in [-0.2, 0) is 9.53 Å². The van der Waals surface area contributed by atoms with Crippen LogP contribution in [0.25, 0.3) is 6.08 Å². The number of para-hydroxylation sites is 1. The second-order valence-corrected chi connectivity index (χ2v) is 8.48. The average molecular weight is 469 g/mol. The molecule has 0 amide bonds. The standard InChI is InChI=1S/C24H21ClN2O4S/c1-4-31-23(29)20-14(2)26-24-27(21(20)16-10-6-7-11-17(16)25)22(28)19(32-24)13-15-9-5-8-12-18(15)30-3/h5-13,21H,4H2,1-3H3/b19-13-/t21-/m0/s1. The van der Waals surface area contributed by atoms with E-state index in [4.69, 9.17) is 21.1 Å². The summed E-state index contributed by atoms with van der Waals surface area (Å²) in [7, 11) is 1.58. The van der Waals surface area contributed by atoms with Crippen LogP contribution in [0.2, 0.25) is 5.02 Å². The maximum absolute atomic E-state index is 13.6. The molecule has 3 aromatic rings. The number of esters is 1. The van der Waals surface area contributed by atoms with Crippen molar-refractivity contribution < 1.29 is 14.3 Å². The molecule has 0 unspecified atom stereocenters. The van der Waals surface area contributed by atoms with E-state index >= 15 is 0 Å². The fraction of sp³-hybridized carbons (Fsp3) is 0.208. The molecule has 4 rings (SSSR count). The third-order valence-electron chi connectivity index (χ3n) is 5.14. The van der Waals surface area contributed by atoms with Crippen LogP contribution < -0.4 is 19.6 Å². The molecule has 1 aliphatic rings. The number of benzene rings is 2. The molecular formula is C24H21ClN2O4S. The third kappa shape index (κ3) is 3.89. The molecule has 1 aliphatic heterocycles. The lowest BCUT2D eigenvalue weighted by Gasteiger charge is -2.25. The monoisotopic (exact) mass is 468 g/mol. The number of thiazole rings is 1. The number of nitrogens with zero attached hydrogens (tertiary/aromatic N) is 2. The first-order valence-electron chi connectivity index (χ1n) is 10.0. The maximum Gasteiger partial charge on any atom is 0.338 e. The van der Waals surface area contributed by atoms with Crippen molar-refractivity contribution in [3.63, 3.8) is 0 Å². The van der Waals surface area contributed by atoms with Crippen LogP contribution in [0, 0.1) is 0 Å². The topological polar surface area (TPSA) is 69.9 Å². The van der Waals surface area contributed by atoms with Crippen LogP contribution in [0.5, 0.6) is 5.75 Å². The van der Waals surface area contributed by atoms with Gasteiger partial charge in [0, 0.05) is 10.6 Å². The third-order valence-corrected chi connectivity index (χ3v) is 6.47. The zero-order valence-electron chi connectivity index (χ0n) is 17.8. The van der Waals surface area contributed by atoms with E-state index in [0.29, 0.717) is 36.9 Å². The number of carbonyl (C=O) groups is 1. The lowest BCUT2D eigenvalue weighted by molar-refractivity contribution is -0.139. The van der Waals surface area contributed by atoms with E-state index in [1.165, 1.54) is 15.9 Å². The quantitative estimate of drug-likeness (QED) is 0.538. The van der Waals surface area contributed by atoms with Gasteiger partial charge in [0.05, 0.1) is 29.5 Å². The van der Waals surface area contributed by atoms with Gasteiger partial charge in [-0.25, -0.2) is 9.79 Å². The Labute approximate surface area is 193 Å². The number of fused-ring (bicyclic) bond motifs is 1. The molecule has 0 bridgehead atoms. The molecule has 0 N–H and O–H groups in total. The van der Waals surface area contributed by atoms with Gasteiger partial charge in [0.2, 0.25) is 0 Å². The minimum atomic E-state index is -0.737. The van der Waals surface area contributed by atoms with Gasteiger partial charge in [0.15, 0.2) is 4.80 Å². The number of carbonyl (C=O) groups excluding carboxylic acids is 1. The first kappa shape index (κ1) is 22.0. The van der Waals surface area contributed by atoms with Gasteiger partial charge in [-0.1, -0.05) is 59.3 Å². The number of rotatable bonds is 5. The molecule has 1 aromatic heterocycles. The molecule has 0 saturated carbocycles. The molecule has 6 nitrogen and oxygen atoms in total. The molecule has 164 valence electrons. The lowest BCUT2D eigenvalue weighted by Crippen LogP contribution is -2.40. The smallest absolute Gasteiger partial charge is 0.338 e. The first-order valence-corrected chi connectivity index (χ1v) is 11.2. The number of methoxy groups -OCH3 is 1. The van der Waals surface area contributed by atoms with Crippen LogP contribution in [0.1, 0.15) is 31.0 Å². The van der Waals surface area contributed by atoms with E-state index in [-0.39, 0.29) is 12.2 Å². The van der Waals surface area contributed by atoms with Crippen molar-refractivity contribution in [2.45, 2.75) is 19.9 Å². The van der Waals surface area contributed by atoms with Crippen molar-refractivity contribution >= 4 is 35.0 Å². The average Bonchev–Trinajstić information content (AvgIpc) is 3.08. The van der Waals surface area contributed by atoms with E-state index in [0.717, 1.165) is 5.56 Å². The summed E-state index contributed by atoms with van der Waals surface area (Å²) in [6.45, 7) is 3.69. The summed E-state index contributed by atoms with van der Waals surface area (Å²) in [4.78, 5) is 31.5. The van der Waals surface area contributed by atoms with Crippen LogP contribution in [0.3, 0.4) is 0 Å². The van der Waals surface area contributed by atoms with Gasteiger partial charge in [0.1, 0.15) is 11.8 Å². The SMILES string of the molecule is CCOC(=O)C1=C(C)N=c2s/c(=C\c3ccccc3OC)c(=O)n2[C@H]1c1ccccc1Cl. The highest BCUT2D eigenvalue weighted by molar-refractivity contribution is 7.07. The van der Waals surface area contributed by atoms with Gasteiger partial charge in [-0.15, -0.1) is 0 Å². The molecule has 1 atom stereocenters. The first-order chi connectivity index (χ1) is 15.5. The minimum absolute atomic E-state index is 0.211. The van der Waals surface area contributed by atoms with Gasteiger partial charge in [-0.05, 0) is 37.6 Å². The van der Waals surface area contributed by atoms with Crippen molar-refractivity contribution in [2.75, 3.05) is 13.7 Å². The molecule has 8 heteroatoms. The van der Waals surface area contributed by atoms with Crippen molar-refractivity contribution in [3.05, 3.63) is 95.6 Å². The van der Waals surface area contributed by atoms with E-state index in [1.54, 1.807) is 39.2 Å². The summed E-state index contributed by atoms with van der Waals surface area (Å²) in [6.07, 6.45) is 1.77. The predicted molar refractivity (Wildman–Crippen MR) is 125 cm³/mol. The Kier molecular flexibility index (Phi) is 6.30. The molecular weight excluding hydrogens is 448 g/mol. The van der Waals surface area contributed by atoms with Crippen LogP contribution in [-0.4, -0.2) is 24.3 Å². The molecule has 2 heterocycles. The fourth-order valence-electron chi connectivity index (χ4n) is 3.71. The molecule has 0 aliphatic carbocycles. The Morgan fingerprint density at radius 3 is 2.66 bits per heavy atom. The maximum atomic E-state index is 13.6. The van der Waals surface area contributed by atoms with Gasteiger partial charge >= 0.3 is 5.97 Å². The summed E-state index contributed by atoms with van der Waals surface area (Å²) in [6, 6.07) is 13.9. The van der Waals surface area contributed by atoms with Crippen LogP contribution >= 0.6 is 22.9 Å². The zero-order valence-corrected chi connectivity index (χ0v) is 19.4. The normalized spacial score (nSPS) is 15.9. The lowest BCUT2D eigenvalue weighted by atomic mass is 9.96. The summed E-state index contributed by atoms with van der Waals surface area (Å²) >= 11 is 7.76. The van der Waals surface area contributed by atoms with Crippen molar-refractivity contribution in [3.8, 4) is 5.75 Å². The summed E-state index contributed by atoms with van der Waals surface area (Å²) < 4.78 is 12.7. The number of hydrogen-bond donors (Lipinski definition) is 0. The second-order valence-electron chi connectivity index (χ2n) is 7.07. The van der Waals surface area contributed by atoms with Crippen molar-refractivity contribution in [2.24, 2.45) is 4.99 Å². The number of hydrogen-bond acceptors (Lipinski definition) is 6. The van der Waals surface area contributed by atoms with Gasteiger partial charge in [-0.2, -0.15) is 0 Å². The summed E-state index contributed by atoms with van der Waals surface area (Å²) in [5.74, 6) is 0.141. The Morgan fingerprint density at radius 1 is 1.22 bits per heavy atom.